The van der Waals surface area contributed by atoms with Crippen LogP contribution in [-0.2, 0) is 5.41 Å². The molecule has 5 heteroatoms. The first-order chi connectivity index (χ1) is 6.15. The molecule has 0 bridgehead atoms. The largest absolute Gasteiger partial charge is 0.394 e. The van der Waals surface area contributed by atoms with E-state index in [9.17, 15) is 0 Å². The molecule has 5 nitrogen and oxygen atoms in total. The molecule has 1 atom stereocenters. The van der Waals surface area contributed by atoms with Crippen LogP contribution < -0.4 is 5.73 Å². The molecular formula is C8H13N3O2. The number of nitrogens with zero attached hydrogens (tertiary/aromatic N) is 2. The molecule has 1 aromatic rings. The van der Waals surface area contributed by atoms with Crippen LogP contribution >= 0.6 is 0 Å². The van der Waals surface area contributed by atoms with E-state index in [1.54, 1.807) is 0 Å². The highest BCUT2D eigenvalue weighted by Crippen LogP contribution is 2.46. The lowest BCUT2D eigenvalue weighted by atomic mass is 10.1. The molecule has 2 rings (SSSR count). The molecule has 0 aromatic carbocycles. The van der Waals surface area contributed by atoms with Gasteiger partial charge in [-0.2, -0.15) is 4.98 Å². The summed E-state index contributed by atoms with van der Waals surface area (Å²) in [4.78, 5) is 4.15. The van der Waals surface area contributed by atoms with Crippen LogP contribution in [-0.4, -0.2) is 21.9 Å². The van der Waals surface area contributed by atoms with Gasteiger partial charge >= 0.3 is 0 Å². The topological polar surface area (TPSA) is 85.2 Å². The highest BCUT2D eigenvalue weighted by Gasteiger charge is 2.44. The van der Waals surface area contributed by atoms with Crippen molar-refractivity contribution in [2.24, 2.45) is 5.73 Å². The summed E-state index contributed by atoms with van der Waals surface area (Å²) in [5, 5.41) is 12.5. The average molecular weight is 183 g/mol. The zero-order valence-corrected chi connectivity index (χ0v) is 7.53. The third-order valence-corrected chi connectivity index (χ3v) is 2.49. The number of nitrogens with two attached hydrogens (primary N) is 1. The summed E-state index contributed by atoms with van der Waals surface area (Å²) in [7, 11) is 0. The van der Waals surface area contributed by atoms with Gasteiger partial charge in [0.05, 0.1) is 12.6 Å². The van der Waals surface area contributed by atoms with Crippen molar-refractivity contribution in [3.8, 4) is 0 Å². The van der Waals surface area contributed by atoms with Gasteiger partial charge in [0.25, 0.3) is 0 Å². The van der Waals surface area contributed by atoms with E-state index in [1.165, 1.54) is 0 Å². The second-order valence-electron chi connectivity index (χ2n) is 3.81. The van der Waals surface area contributed by atoms with Crippen LogP contribution in [0.2, 0.25) is 0 Å². The Balaban J connectivity index is 2.18. The lowest BCUT2D eigenvalue weighted by Crippen LogP contribution is -2.16. The average Bonchev–Trinajstić information content (AvgIpc) is 2.72. The van der Waals surface area contributed by atoms with E-state index in [1.807, 2.05) is 0 Å². The summed E-state index contributed by atoms with van der Waals surface area (Å²) in [6, 6.07) is -0.528. The van der Waals surface area contributed by atoms with Gasteiger partial charge in [-0.25, -0.2) is 0 Å². The van der Waals surface area contributed by atoms with Crippen LogP contribution in [0.3, 0.4) is 0 Å². The second-order valence-corrected chi connectivity index (χ2v) is 3.81. The molecule has 3 N–H and O–H groups in total. The Morgan fingerprint density at radius 3 is 2.92 bits per heavy atom. The van der Waals surface area contributed by atoms with Crippen molar-refractivity contribution in [2.45, 2.75) is 31.2 Å². The highest BCUT2D eigenvalue weighted by atomic mass is 16.5. The molecule has 0 amide bonds. The predicted molar refractivity (Wildman–Crippen MR) is 44.9 cm³/mol. The minimum Gasteiger partial charge on any atom is -0.394 e. The molecule has 0 aliphatic heterocycles. The summed E-state index contributed by atoms with van der Waals surface area (Å²) in [6.07, 6.45) is 2.17. The van der Waals surface area contributed by atoms with Crippen LogP contribution in [0.25, 0.3) is 0 Å². The summed E-state index contributed by atoms with van der Waals surface area (Å²) in [6.45, 7) is 1.92. The molecule has 1 unspecified atom stereocenters. The second kappa shape index (κ2) is 2.78. The summed E-state index contributed by atoms with van der Waals surface area (Å²) < 4.78 is 5.06. The highest BCUT2D eigenvalue weighted by molar-refractivity contribution is 5.13. The Bertz CT molecular complexity index is 306. The van der Waals surface area contributed by atoms with Crippen molar-refractivity contribution < 1.29 is 9.63 Å². The Morgan fingerprint density at radius 2 is 2.38 bits per heavy atom. The minimum atomic E-state index is -0.528. The molecule has 72 valence electrons. The summed E-state index contributed by atoms with van der Waals surface area (Å²) in [5.74, 6) is 1.04. The maximum Gasteiger partial charge on any atom is 0.232 e. The van der Waals surface area contributed by atoms with E-state index in [-0.39, 0.29) is 12.0 Å². The summed E-state index contributed by atoms with van der Waals surface area (Å²) >= 11 is 0. The Morgan fingerprint density at radius 1 is 1.69 bits per heavy atom. The minimum absolute atomic E-state index is 0.0699. The van der Waals surface area contributed by atoms with Gasteiger partial charge in [-0.3, -0.25) is 0 Å². The number of aliphatic hydroxyl groups excluding tert-OH is 1. The van der Waals surface area contributed by atoms with Crippen molar-refractivity contribution in [2.75, 3.05) is 6.61 Å². The number of aliphatic hydroxyl groups is 1. The first kappa shape index (κ1) is 8.65. The first-order valence-corrected chi connectivity index (χ1v) is 4.36. The van der Waals surface area contributed by atoms with Crippen LogP contribution in [0.15, 0.2) is 4.52 Å². The zero-order chi connectivity index (χ0) is 9.47. The normalized spacial score (nSPS) is 21.5. The third-order valence-electron chi connectivity index (χ3n) is 2.49. The zero-order valence-electron chi connectivity index (χ0n) is 7.53. The number of rotatable bonds is 3. The van der Waals surface area contributed by atoms with E-state index >= 15 is 0 Å². The van der Waals surface area contributed by atoms with E-state index in [4.69, 9.17) is 15.4 Å². The van der Waals surface area contributed by atoms with E-state index in [2.05, 4.69) is 17.1 Å². The van der Waals surface area contributed by atoms with Crippen molar-refractivity contribution in [1.29, 1.82) is 0 Å². The van der Waals surface area contributed by atoms with Crippen LogP contribution in [0, 0.1) is 0 Å². The smallest absolute Gasteiger partial charge is 0.232 e. The summed E-state index contributed by atoms with van der Waals surface area (Å²) in [5.41, 5.74) is 5.61. The van der Waals surface area contributed by atoms with Crippen LogP contribution in [0.5, 0.6) is 0 Å². The molecule has 1 fully saturated rings. The molecule has 1 aromatic heterocycles. The van der Waals surface area contributed by atoms with Gasteiger partial charge in [0, 0.05) is 5.41 Å². The van der Waals surface area contributed by atoms with Gasteiger partial charge in [0.2, 0.25) is 5.89 Å². The molecule has 0 radical (unpaired) electrons. The molecule has 13 heavy (non-hydrogen) atoms. The SMILES string of the molecule is CC1(c2nc(C(N)CO)no2)CC1. The Hall–Kier alpha value is -0.940. The van der Waals surface area contributed by atoms with Gasteiger partial charge < -0.3 is 15.4 Å². The van der Waals surface area contributed by atoms with Crippen molar-refractivity contribution in [3.63, 3.8) is 0 Å². The predicted octanol–water partition coefficient (Wildman–Crippen LogP) is 0.113. The number of aromatic nitrogens is 2. The third kappa shape index (κ3) is 1.45. The maximum atomic E-state index is 8.77. The Kier molecular flexibility index (Phi) is 1.85. The van der Waals surface area contributed by atoms with E-state index < -0.39 is 6.04 Å². The van der Waals surface area contributed by atoms with E-state index in [0.29, 0.717) is 11.7 Å². The van der Waals surface area contributed by atoms with Crippen molar-refractivity contribution in [3.05, 3.63) is 11.7 Å². The Labute approximate surface area is 75.9 Å². The van der Waals surface area contributed by atoms with Crippen LogP contribution in [0.4, 0.5) is 0 Å². The van der Waals surface area contributed by atoms with Crippen molar-refractivity contribution >= 4 is 0 Å². The quantitative estimate of drug-likeness (QED) is 0.694. The van der Waals surface area contributed by atoms with Gasteiger partial charge in [-0.1, -0.05) is 12.1 Å². The fraction of sp³-hybridized carbons (Fsp3) is 0.750. The standard InChI is InChI=1S/C8H13N3O2/c1-8(2-3-8)7-10-6(11-13-7)5(9)4-12/h5,12H,2-4,9H2,1H3. The van der Waals surface area contributed by atoms with Gasteiger partial charge in [0.15, 0.2) is 5.82 Å². The molecule has 1 aliphatic carbocycles. The molecular weight excluding hydrogens is 170 g/mol. The van der Waals surface area contributed by atoms with Crippen LogP contribution in [0.1, 0.15) is 37.5 Å². The first-order valence-electron chi connectivity index (χ1n) is 4.36. The van der Waals surface area contributed by atoms with Gasteiger partial charge in [-0.05, 0) is 12.8 Å². The van der Waals surface area contributed by atoms with Crippen molar-refractivity contribution in [1.82, 2.24) is 10.1 Å². The number of hydrogen-bond donors (Lipinski definition) is 2. The molecule has 1 heterocycles. The van der Waals surface area contributed by atoms with E-state index in [0.717, 1.165) is 12.8 Å². The fourth-order valence-corrected chi connectivity index (χ4v) is 1.11. The monoisotopic (exact) mass is 183 g/mol. The van der Waals surface area contributed by atoms with Gasteiger partial charge in [0.1, 0.15) is 0 Å². The molecule has 1 aliphatic rings. The lowest BCUT2D eigenvalue weighted by molar-refractivity contribution is 0.259. The maximum absolute atomic E-state index is 8.77. The fourth-order valence-electron chi connectivity index (χ4n) is 1.11. The molecule has 1 saturated carbocycles. The lowest BCUT2D eigenvalue weighted by Gasteiger charge is -2.00. The molecule has 0 saturated heterocycles. The molecule has 0 spiro atoms. The van der Waals surface area contributed by atoms with Gasteiger partial charge in [-0.15, -0.1) is 0 Å². The number of hydrogen-bond acceptors (Lipinski definition) is 5.